The van der Waals surface area contributed by atoms with Crippen LogP contribution in [0, 0.1) is 6.92 Å². The minimum Gasteiger partial charge on any atom is -0.347 e. The van der Waals surface area contributed by atoms with Crippen LogP contribution in [0.15, 0.2) is 36.4 Å². The standard InChI is InChI=1S/C21H26N4O3/c1-15-14-18(19(26)23-16(2)17-6-4-3-5-7-17)24-20(22-15)25-10-8-21(9-11-25)27-12-13-28-21/h3-7,14,16H,8-13H2,1-2H3,(H,23,26). The van der Waals surface area contributed by atoms with E-state index in [9.17, 15) is 4.79 Å². The van der Waals surface area contributed by atoms with Crippen molar-refractivity contribution in [3.63, 3.8) is 0 Å². The molecule has 2 aliphatic heterocycles. The average Bonchev–Trinajstić information content (AvgIpc) is 3.16. The molecule has 1 aromatic heterocycles. The zero-order valence-electron chi connectivity index (χ0n) is 16.4. The lowest BCUT2D eigenvalue weighted by molar-refractivity contribution is -0.169. The Hall–Kier alpha value is -2.51. The second-order valence-electron chi connectivity index (χ2n) is 7.40. The Kier molecular flexibility index (Phi) is 5.28. The van der Waals surface area contributed by atoms with Gasteiger partial charge in [-0.25, -0.2) is 9.97 Å². The third kappa shape index (κ3) is 4.00. The first kappa shape index (κ1) is 18.8. The van der Waals surface area contributed by atoms with Crippen molar-refractivity contribution in [2.45, 2.75) is 38.5 Å². The molecule has 148 valence electrons. The van der Waals surface area contributed by atoms with Crippen LogP contribution in [0.2, 0.25) is 0 Å². The summed E-state index contributed by atoms with van der Waals surface area (Å²) in [5.41, 5.74) is 2.22. The van der Waals surface area contributed by atoms with Crippen molar-refractivity contribution in [3.8, 4) is 0 Å². The van der Waals surface area contributed by atoms with E-state index in [0.717, 1.165) is 37.2 Å². The maximum atomic E-state index is 12.8. The molecule has 7 heteroatoms. The molecule has 3 heterocycles. The number of ether oxygens (including phenoxy) is 2. The lowest BCUT2D eigenvalue weighted by atomic mass is 10.0. The lowest BCUT2D eigenvalue weighted by Crippen LogP contribution is -2.46. The van der Waals surface area contributed by atoms with Crippen LogP contribution in [0.1, 0.15) is 47.6 Å². The van der Waals surface area contributed by atoms with Gasteiger partial charge in [0.05, 0.1) is 19.3 Å². The Labute approximate surface area is 165 Å². The number of rotatable bonds is 4. The minimum absolute atomic E-state index is 0.0982. The van der Waals surface area contributed by atoms with E-state index in [-0.39, 0.29) is 11.9 Å². The Balaban J connectivity index is 1.45. The van der Waals surface area contributed by atoms with Gasteiger partial charge in [0, 0.05) is 31.6 Å². The topological polar surface area (TPSA) is 76.6 Å². The molecule has 0 radical (unpaired) electrons. The van der Waals surface area contributed by atoms with Gasteiger partial charge in [-0.2, -0.15) is 0 Å². The zero-order valence-corrected chi connectivity index (χ0v) is 16.4. The van der Waals surface area contributed by atoms with Crippen molar-refractivity contribution in [1.29, 1.82) is 0 Å². The van der Waals surface area contributed by atoms with Crippen molar-refractivity contribution in [2.75, 3.05) is 31.2 Å². The SMILES string of the molecule is Cc1cc(C(=O)NC(C)c2ccccc2)nc(N2CCC3(CC2)OCCO3)n1. The molecule has 0 saturated carbocycles. The Bertz CT molecular complexity index is 827. The molecular formula is C21H26N4O3. The largest absolute Gasteiger partial charge is 0.347 e. The maximum Gasteiger partial charge on any atom is 0.270 e. The molecule has 1 aromatic carbocycles. The predicted octanol–water partition coefficient (Wildman–Crippen LogP) is 2.62. The summed E-state index contributed by atoms with van der Waals surface area (Å²) in [4.78, 5) is 23.9. The van der Waals surface area contributed by atoms with E-state index in [1.165, 1.54) is 0 Å². The van der Waals surface area contributed by atoms with Gasteiger partial charge in [0.1, 0.15) is 5.69 Å². The zero-order chi connectivity index (χ0) is 19.6. The monoisotopic (exact) mass is 382 g/mol. The molecule has 0 aliphatic carbocycles. The highest BCUT2D eigenvalue weighted by atomic mass is 16.7. The van der Waals surface area contributed by atoms with Crippen molar-refractivity contribution in [3.05, 3.63) is 53.3 Å². The van der Waals surface area contributed by atoms with Crippen LogP contribution in [0.4, 0.5) is 5.95 Å². The summed E-state index contributed by atoms with van der Waals surface area (Å²) in [6.45, 7) is 6.65. The number of hydrogen-bond acceptors (Lipinski definition) is 6. The van der Waals surface area contributed by atoms with Crippen LogP contribution in [0.5, 0.6) is 0 Å². The number of aromatic nitrogens is 2. The Morgan fingerprint density at radius 2 is 1.82 bits per heavy atom. The van der Waals surface area contributed by atoms with Crippen LogP contribution in [0.25, 0.3) is 0 Å². The third-order valence-electron chi connectivity index (χ3n) is 5.34. The van der Waals surface area contributed by atoms with Gasteiger partial charge >= 0.3 is 0 Å². The summed E-state index contributed by atoms with van der Waals surface area (Å²) in [5, 5.41) is 3.02. The highest BCUT2D eigenvalue weighted by Gasteiger charge is 2.40. The number of piperidine rings is 1. The number of amides is 1. The van der Waals surface area contributed by atoms with E-state index >= 15 is 0 Å². The fourth-order valence-electron chi connectivity index (χ4n) is 3.74. The van der Waals surface area contributed by atoms with Crippen LogP contribution >= 0.6 is 0 Å². The molecule has 2 fully saturated rings. The van der Waals surface area contributed by atoms with E-state index in [4.69, 9.17) is 9.47 Å². The number of carbonyl (C=O) groups excluding carboxylic acids is 1. The van der Waals surface area contributed by atoms with E-state index in [1.54, 1.807) is 6.07 Å². The summed E-state index contributed by atoms with van der Waals surface area (Å²) >= 11 is 0. The molecule has 7 nitrogen and oxygen atoms in total. The molecular weight excluding hydrogens is 356 g/mol. The number of anilines is 1. The molecule has 1 amide bonds. The quantitative estimate of drug-likeness (QED) is 0.876. The molecule has 1 N–H and O–H groups in total. The summed E-state index contributed by atoms with van der Waals surface area (Å²) in [7, 11) is 0. The minimum atomic E-state index is -0.439. The maximum absolute atomic E-state index is 12.8. The van der Waals surface area contributed by atoms with Gasteiger partial charge in [-0.3, -0.25) is 4.79 Å². The van der Waals surface area contributed by atoms with Gasteiger partial charge in [-0.1, -0.05) is 30.3 Å². The lowest BCUT2D eigenvalue weighted by Gasteiger charge is -2.37. The van der Waals surface area contributed by atoms with Crippen LogP contribution in [-0.4, -0.2) is 48.0 Å². The molecule has 2 aliphatic rings. The molecule has 0 bridgehead atoms. The van der Waals surface area contributed by atoms with Gasteiger partial charge in [0.15, 0.2) is 5.79 Å². The molecule has 1 spiro atoms. The number of aryl methyl sites for hydroxylation is 1. The number of benzene rings is 1. The first-order valence-corrected chi connectivity index (χ1v) is 9.79. The Morgan fingerprint density at radius 3 is 2.50 bits per heavy atom. The number of nitrogens with one attached hydrogen (secondary N) is 1. The van der Waals surface area contributed by atoms with Crippen molar-refractivity contribution in [1.82, 2.24) is 15.3 Å². The highest BCUT2D eigenvalue weighted by molar-refractivity contribution is 5.92. The first-order chi connectivity index (χ1) is 13.5. The van der Waals surface area contributed by atoms with Crippen LogP contribution < -0.4 is 10.2 Å². The smallest absolute Gasteiger partial charge is 0.270 e. The van der Waals surface area contributed by atoms with Crippen molar-refractivity contribution in [2.24, 2.45) is 0 Å². The summed E-state index contributed by atoms with van der Waals surface area (Å²) in [5.74, 6) is -0.0459. The van der Waals surface area contributed by atoms with E-state index < -0.39 is 5.79 Å². The van der Waals surface area contributed by atoms with Gasteiger partial charge < -0.3 is 19.7 Å². The fraction of sp³-hybridized carbons (Fsp3) is 0.476. The van der Waals surface area contributed by atoms with Gasteiger partial charge in [-0.05, 0) is 25.5 Å². The van der Waals surface area contributed by atoms with E-state index in [0.29, 0.717) is 24.9 Å². The predicted molar refractivity (Wildman–Crippen MR) is 105 cm³/mol. The van der Waals surface area contributed by atoms with Crippen LogP contribution in [0.3, 0.4) is 0 Å². The third-order valence-corrected chi connectivity index (χ3v) is 5.34. The number of hydrogen-bond donors (Lipinski definition) is 1. The summed E-state index contributed by atoms with van der Waals surface area (Å²) in [6.07, 6.45) is 1.55. The number of nitrogens with zero attached hydrogens (tertiary/aromatic N) is 3. The van der Waals surface area contributed by atoms with Crippen LogP contribution in [-0.2, 0) is 9.47 Å². The number of carbonyl (C=O) groups is 1. The van der Waals surface area contributed by atoms with Crippen molar-refractivity contribution < 1.29 is 14.3 Å². The van der Waals surface area contributed by atoms with E-state index in [2.05, 4.69) is 20.2 Å². The van der Waals surface area contributed by atoms with Gasteiger partial charge in [0.2, 0.25) is 5.95 Å². The molecule has 2 aromatic rings. The second kappa shape index (κ2) is 7.85. The van der Waals surface area contributed by atoms with Gasteiger partial charge in [-0.15, -0.1) is 0 Å². The summed E-state index contributed by atoms with van der Waals surface area (Å²) in [6, 6.07) is 11.5. The van der Waals surface area contributed by atoms with Crippen molar-refractivity contribution >= 4 is 11.9 Å². The molecule has 4 rings (SSSR count). The molecule has 1 unspecified atom stereocenters. The summed E-state index contributed by atoms with van der Waals surface area (Å²) < 4.78 is 11.6. The molecule has 2 saturated heterocycles. The normalized spacial score (nSPS) is 19.6. The van der Waals surface area contributed by atoms with E-state index in [1.807, 2.05) is 44.2 Å². The molecule has 28 heavy (non-hydrogen) atoms. The fourth-order valence-corrected chi connectivity index (χ4v) is 3.74. The average molecular weight is 382 g/mol. The van der Waals surface area contributed by atoms with Gasteiger partial charge in [0.25, 0.3) is 5.91 Å². The highest BCUT2D eigenvalue weighted by Crippen LogP contribution is 2.32. The Morgan fingerprint density at radius 1 is 1.14 bits per heavy atom. The first-order valence-electron chi connectivity index (χ1n) is 9.79. The second-order valence-corrected chi connectivity index (χ2v) is 7.40. The molecule has 1 atom stereocenters.